The van der Waals surface area contributed by atoms with Crippen molar-refractivity contribution in [2.75, 3.05) is 94.0 Å². The summed E-state index contributed by atoms with van der Waals surface area (Å²) in [4.78, 5) is 176. The molecule has 9 amide bonds. The molecule has 2 fully saturated rings. The number of carbonyl (C=O) groups is 12. The Bertz CT molecular complexity index is 4670. The van der Waals surface area contributed by atoms with Gasteiger partial charge in [-0.2, -0.15) is 13.2 Å². The van der Waals surface area contributed by atoms with Gasteiger partial charge < -0.3 is 85.2 Å². The number of quaternary nitrogens is 1. The van der Waals surface area contributed by atoms with Crippen LogP contribution in [0.1, 0.15) is 130 Å². The molecule has 6 aliphatic heterocycles. The molecule has 6 aromatic rings. The Morgan fingerprint density at radius 2 is 1.44 bits per heavy atom. The van der Waals surface area contributed by atoms with E-state index in [1.165, 1.54) is 36.0 Å². The van der Waals surface area contributed by atoms with Crippen LogP contribution in [-0.2, 0) is 117 Å². The average molecular weight is 1690 g/mol. The van der Waals surface area contributed by atoms with E-state index in [0.29, 0.717) is 93.5 Å². The summed E-state index contributed by atoms with van der Waals surface area (Å²) in [6, 6.07) is 18.8. The van der Waals surface area contributed by atoms with Crippen LogP contribution in [0.4, 0.5) is 17.6 Å². The minimum atomic E-state index is -5.08. The number of nitrogens with zero attached hydrogens (tertiary/aromatic N) is 7. The topological polar surface area (TPSA) is 409 Å². The van der Waals surface area contributed by atoms with Crippen molar-refractivity contribution in [3.05, 3.63) is 148 Å². The molecule has 1 unspecified atom stereocenters. The first-order valence-electron chi connectivity index (χ1n) is 40.8. The van der Waals surface area contributed by atoms with Crippen molar-refractivity contribution in [1.82, 2.24) is 66.6 Å². The zero-order valence-corrected chi connectivity index (χ0v) is 68.9. The van der Waals surface area contributed by atoms with E-state index in [-0.39, 0.29) is 116 Å². The first-order valence-corrected chi connectivity index (χ1v) is 40.8. The zero-order chi connectivity index (χ0) is 87.3. The van der Waals surface area contributed by atoms with E-state index in [9.17, 15) is 42.3 Å². The van der Waals surface area contributed by atoms with Crippen molar-refractivity contribution >= 4 is 81.6 Å². The Morgan fingerprint density at radius 3 is 2.14 bits per heavy atom. The maximum Gasteiger partial charge on any atom is 0.490 e. The number of carboxylic acids is 1. The first-order chi connectivity index (χ1) is 57.6. The van der Waals surface area contributed by atoms with Gasteiger partial charge in [-0.25, -0.2) is 13.9 Å². The molecule has 32 nitrogen and oxygen atoms in total. The number of ketones is 2. The highest BCUT2D eigenvalue weighted by Gasteiger charge is 2.50. The fourth-order valence-corrected chi connectivity index (χ4v) is 15.6. The number of benzene rings is 4. The quantitative estimate of drug-likeness (QED) is 0.0401. The van der Waals surface area contributed by atoms with Gasteiger partial charge in [0.1, 0.15) is 54.1 Å². The number of methoxy groups -OCH3 is 1. The Hall–Kier alpha value is -11.1. The summed E-state index contributed by atoms with van der Waals surface area (Å²) in [6.45, 7) is 3.98. The molecule has 8 heterocycles. The molecule has 0 saturated carbocycles. The number of alkyl halides is 3. The summed E-state index contributed by atoms with van der Waals surface area (Å²) in [5.74, 6) is -13.0. The van der Waals surface area contributed by atoms with Gasteiger partial charge >= 0.3 is 12.1 Å². The van der Waals surface area contributed by atoms with Gasteiger partial charge in [-0.05, 0) is 129 Å². The van der Waals surface area contributed by atoms with Crippen LogP contribution in [0, 0.1) is 17.7 Å². The number of fused-ring (bicyclic) bond motifs is 16. The standard InChI is InChI=1S/C83H107FN14O16.C2HF3O2/c1-52(99)63-44-71(101)77-72-27-32-96(77)80(108)58-41-59-47-94(69-25-22-60(84)43-64(59)69)48-61-49-95(93-92-61)50-68(57-20-16-53(17-21-57)26-30-85-82(110)83(2)29-11-31-97(83)81(109)66(91-78(63)106)39-54-18-23-62(111-6)24-19-54)89-75(104)15-9-7-8-14-74(103)88-67(46-87-73(102)28-34-112-36-37-113-35-33-98(3,4)5)79(107)90-65(70(100)42-58)40-55-12-10-13-56(38-55)45-86-76(105)51-114-72;3-2(4,5)1(6)7/h10,12-13,16-25,38,43,47,49,52,58,63,65-68,72,77,99H,7-9,11,14-15,26-37,39-42,44-46,48,50-51H2,1-6H3,(H6-,85,86,87,88,89,90,91,102,103,104,105,106,107,110);(H,6,7)/p+1/t52-,58-,63+,65+,66+,67-,68?,72+,77-,83+;/m1./s1. The van der Waals surface area contributed by atoms with Gasteiger partial charge in [-0.1, -0.05) is 72.3 Å². The van der Waals surface area contributed by atoms with Crippen LogP contribution in [-0.4, -0.2) is 257 Å². The number of hydrogen-bond acceptors (Lipinski definition) is 19. The fraction of sp³-hybridized carbons (Fsp3) is 0.529. The molecule has 121 heavy (non-hydrogen) atoms. The van der Waals surface area contributed by atoms with E-state index >= 15 is 33.2 Å². The molecule has 654 valence electrons. The number of carbonyl (C=O) groups excluding carboxylic acids is 11. The Labute approximate surface area is 697 Å². The molecule has 0 aliphatic carbocycles. The van der Waals surface area contributed by atoms with E-state index in [1.807, 2.05) is 45.4 Å². The molecule has 0 radical (unpaired) electrons. The Kier molecular flexibility index (Phi) is 32.3. The highest BCUT2D eigenvalue weighted by atomic mass is 19.4. The van der Waals surface area contributed by atoms with E-state index in [2.05, 4.69) is 47.5 Å². The highest BCUT2D eigenvalue weighted by molar-refractivity contribution is 6.00. The molecule has 9 N–H and O–H groups in total. The molecule has 2 saturated heterocycles. The number of halogens is 4. The highest BCUT2D eigenvalue weighted by Crippen LogP contribution is 2.35. The minimum Gasteiger partial charge on any atom is -0.497 e. The van der Waals surface area contributed by atoms with Gasteiger partial charge in [0.25, 0.3) is 0 Å². The number of Topliss-reactive ketones (excluding diaryl/α,β-unsaturated/α-hetero) is 2. The number of hydrogen-bond donors (Lipinski definition) is 9. The van der Waals surface area contributed by atoms with E-state index < -0.39 is 163 Å². The lowest BCUT2D eigenvalue weighted by Crippen LogP contribution is -2.60. The lowest BCUT2D eigenvalue weighted by atomic mass is 9.87. The minimum absolute atomic E-state index is 0.00766. The van der Waals surface area contributed by atoms with Crippen molar-refractivity contribution in [1.29, 1.82) is 0 Å². The van der Waals surface area contributed by atoms with E-state index in [4.69, 9.17) is 28.8 Å². The normalized spacial score (nSPS) is 23.6. The smallest absolute Gasteiger partial charge is 0.490 e. The molecule has 10 atom stereocenters. The van der Waals surface area contributed by atoms with Gasteiger partial charge in [-0.3, -0.25) is 52.7 Å². The van der Waals surface area contributed by atoms with Gasteiger partial charge in [0.05, 0.1) is 104 Å². The van der Waals surface area contributed by atoms with Gasteiger partial charge in [0, 0.05) is 94.3 Å². The number of nitrogens with one attached hydrogen (secondary N) is 7. The number of likely N-dealkylation sites (N-methyl/N-ethyl adjacent to an activating group) is 1. The number of amides is 9. The van der Waals surface area contributed by atoms with Gasteiger partial charge in [-0.15, -0.1) is 5.10 Å². The van der Waals surface area contributed by atoms with Crippen molar-refractivity contribution in [3.63, 3.8) is 0 Å². The van der Waals surface area contributed by atoms with Gasteiger partial charge in [0.2, 0.25) is 53.2 Å². The summed E-state index contributed by atoms with van der Waals surface area (Å²) in [5.41, 5.74) is 3.16. The number of aromatic nitrogens is 4. The molecular formula is C85H109F4N14O18+. The lowest BCUT2D eigenvalue weighted by Gasteiger charge is -2.37. The second kappa shape index (κ2) is 42.4. The maximum absolute atomic E-state index is 16.4. The van der Waals surface area contributed by atoms with Crippen molar-refractivity contribution in [2.45, 2.75) is 184 Å². The van der Waals surface area contributed by atoms with Gasteiger partial charge in [0.15, 0.2) is 11.6 Å². The number of aliphatic hydroxyl groups is 1. The molecule has 2 aromatic heterocycles. The van der Waals surface area contributed by atoms with Crippen molar-refractivity contribution in [2.24, 2.45) is 11.8 Å². The third-order valence-corrected chi connectivity index (χ3v) is 22.3. The molecular weight excluding hydrogens is 1580 g/mol. The molecule has 36 heteroatoms. The monoisotopic (exact) mass is 1690 g/mol. The molecule has 14 bridgehead atoms. The van der Waals surface area contributed by atoms with Crippen molar-refractivity contribution < 1.29 is 109 Å². The van der Waals surface area contributed by atoms with Crippen LogP contribution in [0.2, 0.25) is 0 Å². The van der Waals surface area contributed by atoms with Crippen LogP contribution >= 0.6 is 0 Å². The largest absolute Gasteiger partial charge is 0.497 e. The number of rotatable bonds is 15. The van der Waals surface area contributed by atoms with E-state index in [1.54, 1.807) is 83.2 Å². The third-order valence-electron chi connectivity index (χ3n) is 22.3. The zero-order valence-electron chi connectivity index (χ0n) is 68.9. The first kappa shape index (κ1) is 92.2. The molecule has 4 aromatic carbocycles. The second-order valence-electron chi connectivity index (χ2n) is 32.6. The summed E-state index contributed by atoms with van der Waals surface area (Å²) in [6.07, 6.45) is -4.50. The Balaban J connectivity index is 0.00000210. The predicted molar refractivity (Wildman–Crippen MR) is 429 cm³/mol. The van der Waals surface area contributed by atoms with Crippen LogP contribution in [0.5, 0.6) is 5.75 Å². The van der Waals surface area contributed by atoms with Crippen molar-refractivity contribution in [3.8, 4) is 5.75 Å². The lowest BCUT2D eigenvalue weighted by molar-refractivity contribution is -0.870. The van der Waals surface area contributed by atoms with E-state index in [0.717, 1.165) is 12.1 Å². The SMILES string of the molecule is COc1ccc(C[C@@H]2NC(=O)[C@H]([C@@H](C)O)CC(=O)[C@@H]3[C@@H]4CCN3C(=O)[C@H]3CC(=O)[C@H](Cc5cccc(c5)CNC(=O)CO4)NC(=O)[C@@H](CNC(=O)CCOCCOCC[N+](C)(C)C)NC(=O)CCCCCC(=O)NC(Cn4cc(nn4)Cn4cc(c5cc(F)ccc54)C3)c3ccc(cc3)CCNC(=O)[C@]3(C)CCCN3C2=O)cc1.O=C(O)C(F)(F)F. The predicted octanol–water partition coefficient (Wildman–Crippen LogP) is 3.81. The summed E-state index contributed by atoms with van der Waals surface area (Å²) in [5, 5.41) is 48.7. The van der Waals surface area contributed by atoms with Crippen LogP contribution < -0.4 is 42.0 Å². The number of carboxylic acid groups (broad SMARTS) is 1. The fourth-order valence-electron chi connectivity index (χ4n) is 15.6. The average Bonchev–Trinajstić information content (AvgIpc) is 1.66. The van der Waals surface area contributed by atoms with Crippen LogP contribution in [0.3, 0.4) is 0 Å². The molecule has 6 aliphatic rings. The van der Waals surface area contributed by atoms with Crippen LogP contribution in [0.25, 0.3) is 10.9 Å². The maximum atomic E-state index is 16.4. The number of aliphatic carboxylic acids is 1. The summed E-state index contributed by atoms with van der Waals surface area (Å²) < 4.78 is 75.0. The number of aliphatic hydroxyl groups excluding tert-OH is 1. The Morgan fingerprint density at radius 1 is 0.727 bits per heavy atom. The summed E-state index contributed by atoms with van der Waals surface area (Å²) >= 11 is 0. The third kappa shape index (κ3) is 26.2. The molecule has 0 spiro atoms. The molecule has 12 rings (SSSR count). The second-order valence-corrected chi connectivity index (χ2v) is 32.6. The van der Waals surface area contributed by atoms with Crippen LogP contribution in [0.15, 0.2) is 103 Å². The summed E-state index contributed by atoms with van der Waals surface area (Å²) in [7, 11) is 7.65. The number of ether oxygens (including phenoxy) is 4.